The Kier molecular flexibility index (Phi) is 5.73. The third-order valence-electron chi connectivity index (χ3n) is 2.86. The van der Waals surface area contributed by atoms with Crippen LogP contribution in [-0.4, -0.2) is 28.2 Å². The van der Waals surface area contributed by atoms with Gasteiger partial charge in [-0.15, -0.1) is 0 Å². The predicted molar refractivity (Wildman–Crippen MR) is 75.1 cm³/mol. The quantitative estimate of drug-likeness (QED) is 0.566. The number of nitrogens with one attached hydrogen (secondary N) is 2. The molecule has 0 saturated heterocycles. The number of benzene rings is 1. The third kappa shape index (κ3) is 4.71. The van der Waals surface area contributed by atoms with Crippen LogP contribution in [0.25, 0.3) is 0 Å². The van der Waals surface area contributed by atoms with E-state index in [9.17, 15) is 22.2 Å². The topological polar surface area (TPSA) is 84.2 Å². The first kappa shape index (κ1) is 17.4. The van der Waals surface area contributed by atoms with E-state index in [1.165, 1.54) is 6.26 Å². The number of anilines is 1. The molecule has 0 aliphatic rings. The molecule has 2 unspecified atom stereocenters. The number of nitrogens with two attached hydrogens (primary N) is 1. The maximum Gasteiger partial charge on any atom is 0.416 e. The highest BCUT2D eigenvalue weighted by atomic mass is 32.2. The van der Waals surface area contributed by atoms with Gasteiger partial charge in [0.15, 0.2) is 0 Å². The molecular weight excluding hydrogens is 307 g/mol. The molecular formula is C12H16F3N3O2S. The highest BCUT2D eigenvalue weighted by Gasteiger charge is 2.31. The van der Waals surface area contributed by atoms with Crippen LogP contribution in [0.3, 0.4) is 0 Å². The third-order valence-corrected chi connectivity index (χ3v) is 4.16. The van der Waals surface area contributed by atoms with Gasteiger partial charge in [-0.3, -0.25) is 14.8 Å². The Balaban J connectivity index is 2.99. The molecule has 21 heavy (non-hydrogen) atoms. The van der Waals surface area contributed by atoms with Gasteiger partial charge in [0.1, 0.15) is 0 Å². The average molecular weight is 323 g/mol. The second-order valence-corrected chi connectivity index (χ2v) is 6.22. The molecule has 1 rings (SSSR count). The van der Waals surface area contributed by atoms with Gasteiger partial charge in [-0.2, -0.15) is 13.2 Å². The summed E-state index contributed by atoms with van der Waals surface area (Å²) in [5, 5.41) is 2.13. The molecule has 0 aliphatic carbocycles. The van der Waals surface area contributed by atoms with Crippen LogP contribution in [0.1, 0.15) is 22.8 Å². The van der Waals surface area contributed by atoms with E-state index in [2.05, 4.69) is 10.7 Å². The number of hydrazine groups is 1. The molecule has 9 heteroatoms. The Morgan fingerprint density at radius 2 is 2.05 bits per heavy atom. The van der Waals surface area contributed by atoms with E-state index in [1.807, 2.05) is 0 Å². The maximum atomic E-state index is 12.7. The molecule has 5 nitrogen and oxygen atoms in total. The largest absolute Gasteiger partial charge is 0.416 e. The van der Waals surface area contributed by atoms with E-state index in [1.54, 1.807) is 6.92 Å². The predicted octanol–water partition coefficient (Wildman–Crippen LogP) is 1.49. The monoisotopic (exact) mass is 323 g/mol. The number of nitrogen functional groups attached to an aromatic ring is 1. The van der Waals surface area contributed by atoms with Crippen LogP contribution in [0, 0.1) is 0 Å². The van der Waals surface area contributed by atoms with E-state index < -0.39 is 28.4 Å². The van der Waals surface area contributed by atoms with Gasteiger partial charge in [-0.05, 0) is 25.1 Å². The normalized spacial score (nSPS) is 14.4. The number of rotatable bonds is 5. The standard InChI is InChI=1S/C12H16F3N3O2S/c1-7(21(2)20)6-17-11(19)9-5-8(12(13,14)15)3-4-10(9)18-16/h3-5,7,18H,6,16H2,1-2H3,(H,17,19). The highest BCUT2D eigenvalue weighted by Crippen LogP contribution is 2.31. The molecule has 0 bridgehead atoms. The van der Waals surface area contributed by atoms with E-state index >= 15 is 0 Å². The molecule has 0 radical (unpaired) electrons. The zero-order chi connectivity index (χ0) is 16.2. The molecule has 118 valence electrons. The number of halogens is 3. The first-order chi connectivity index (χ1) is 9.66. The lowest BCUT2D eigenvalue weighted by molar-refractivity contribution is -0.137. The smallest absolute Gasteiger partial charge is 0.351 e. The van der Waals surface area contributed by atoms with Crippen LogP contribution in [-0.2, 0) is 17.0 Å². The van der Waals surface area contributed by atoms with Crippen LogP contribution < -0.4 is 16.6 Å². The second-order valence-electron chi connectivity index (χ2n) is 4.42. The minimum Gasteiger partial charge on any atom is -0.351 e. The van der Waals surface area contributed by atoms with Crippen molar-refractivity contribution in [2.45, 2.75) is 18.3 Å². The van der Waals surface area contributed by atoms with Crippen molar-refractivity contribution in [1.29, 1.82) is 0 Å². The Hall–Kier alpha value is -1.61. The lowest BCUT2D eigenvalue weighted by Gasteiger charge is -2.14. The van der Waals surface area contributed by atoms with Crippen LogP contribution >= 0.6 is 0 Å². The Morgan fingerprint density at radius 3 is 2.52 bits per heavy atom. The number of amides is 1. The van der Waals surface area contributed by atoms with Gasteiger partial charge in [0.25, 0.3) is 5.91 Å². The number of alkyl halides is 3. The Bertz CT molecular complexity index is 549. The van der Waals surface area contributed by atoms with Crippen molar-refractivity contribution in [3.8, 4) is 0 Å². The van der Waals surface area contributed by atoms with Crippen molar-refractivity contribution < 1.29 is 22.2 Å². The van der Waals surface area contributed by atoms with E-state index in [-0.39, 0.29) is 23.0 Å². The van der Waals surface area contributed by atoms with Crippen molar-refractivity contribution >= 4 is 22.4 Å². The maximum absolute atomic E-state index is 12.7. The summed E-state index contributed by atoms with van der Waals surface area (Å²) in [7, 11) is -1.14. The number of carbonyl (C=O) groups is 1. The fraction of sp³-hybridized carbons (Fsp3) is 0.417. The van der Waals surface area contributed by atoms with E-state index in [0.29, 0.717) is 0 Å². The lowest BCUT2D eigenvalue weighted by Crippen LogP contribution is -2.33. The zero-order valence-electron chi connectivity index (χ0n) is 11.5. The molecule has 0 saturated carbocycles. The van der Waals surface area contributed by atoms with Gasteiger partial charge in [-0.1, -0.05) is 0 Å². The highest BCUT2D eigenvalue weighted by molar-refractivity contribution is 7.84. The van der Waals surface area contributed by atoms with Crippen LogP contribution in [0.5, 0.6) is 0 Å². The molecule has 0 fully saturated rings. The molecule has 0 heterocycles. The number of hydrogen-bond donors (Lipinski definition) is 3. The Morgan fingerprint density at radius 1 is 1.43 bits per heavy atom. The summed E-state index contributed by atoms with van der Waals surface area (Å²) in [6.07, 6.45) is -3.08. The Labute approximate surface area is 122 Å². The van der Waals surface area contributed by atoms with Crippen molar-refractivity contribution in [2.24, 2.45) is 5.84 Å². The van der Waals surface area contributed by atoms with Crippen LogP contribution in [0.2, 0.25) is 0 Å². The molecule has 4 N–H and O–H groups in total. The fourth-order valence-corrected chi connectivity index (χ4v) is 1.80. The van der Waals surface area contributed by atoms with Gasteiger partial charge in [0, 0.05) is 28.9 Å². The summed E-state index contributed by atoms with van der Waals surface area (Å²) < 4.78 is 49.2. The fourth-order valence-electron chi connectivity index (χ4n) is 1.48. The number of carbonyl (C=O) groups excluding carboxylic acids is 1. The molecule has 1 aromatic rings. The summed E-state index contributed by atoms with van der Waals surface area (Å²) in [5.74, 6) is 4.48. The summed E-state index contributed by atoms with van der Waals surface area (Å²) >= 11 is 0. The minimum atomic E-state index is -4.56. The molecule has 0 aliphatic heterocycles. The van der Waals surface area contributed by atoms with Gasteiger partial charge >= 0.3 is 6.18 Å². The number of hydrogen-bond acceptors (Lipinski definition) is 4. The van der Waals surface area contributed by atoms with Gasteiger partial charge in [-0.25, -0.2) is 0 Å². The van der Waals surface area contributed by atoms with E-state index in [0.717, 1.165) is 18.2 Å². The van der Waals surface area contributed by atoms with Gasteiger partial charge < -0.3 is 10.7 Å². The minimum absolute atomic E-state index is 0.0748. The zero-order valence-corrected chi connectivity index (χ0v) is 12.3. The molecule has 0 spiro atoms. The van der Waals surface area contributed by atoms with Crippen molar-refractivity contribution in [2.75, 3.05) is 18.2 Å². The van der Waals surface area contributed by atoms with Crippen molar-refractivity contribution in [3.05, 3.63) is 29.3 Å². The summed E-state index contributed by atoms with van der Waals surface area (Å²) in [4.78, 5) is 12.0. The summed E-state index contributed by atoms with van der Waals surface area (Å²) in [6, 6.07) is 2.63. The lowest BCUT2D eigenvalue weighted by atomic mass is 10.1. The van der Waals surface area contributed by atoms with Crippen molar-refractivity contribution in [3.63, 3.8) is 0 Å². The van der Waals surface area contributed by atoms with Gasteiger partial charge in [0.05, 0.1) is 16.8 Å². The SMILES string of the molecule is CC(CNC(=O)c1cc(C(F)(F)F)ccc1NN)S(C)=O. The van der Waals surface area contributed by atoms with Gasteiger partial charge in [0.2, 0.25) is 0 Å². The first-order valence-electron chi connectivity index (χ1n) is 5.95. The van der Waals surface area contributed by atoms with Crippen molar-refractivity contribution in [1.82, 2.24) is 5.32 Å². The molecule has 2 atom stereocenters. The molecule has 1 aromatic carbocycles. The van der Waals surface area contributed by atoms with Crippen LogP contribution in [0.4, 0.5) is 18.9 Å². The molecule has 1 amide bonds. The summed E-state index contributed by atoms with van der Waals surface area (Å²) in [5.41, 5.74) is 1.09. The average Bonchev–Trinajstić information content (AvgIpc) is 2.42. The second kappa shape index (κ2) is 6.90. The summed E-state index contributed by atoms with van der Waals surface area (Å²) in [6.45, 7) is 1.74. The first-order valence-corrected chi connectivity index (χ1v) is 7.57. The van der Waals surface area contributed by atoms with E-state index in [4.69, 9.17) is 5.84 Å². The van der Waals surface area contributed by atoms with Crippen LogP contribution in [0.15, 0.2) is 18.2 Å². The molecule has 0 aromatic heterocycles.